The zero-order valence-electron chi connectivity index (χ0n) is 11.9. The molecule has 1 aliphatic carbocycles. The highest BCUT2D eigenvalue weighted by Crippen LogP contribution is 2.23. The van der Waals surface area contributed by atoms with Gasteiger partial charge in [0.05, 0.1) is 0 Å². The molecular weight excluding hydrogens is 242 g/mol. The van der Waals surface area contributed by atoms with Gasteiger partial charge in [0.15, 0.2) is 0 Å². The van der Waals surface area contributed by atoms with Gasteiger partial charge in [-0.1, -0.05) is 66.7 Å². The number of hydrogen-bond acceptors (Lipinski definition) is 1. The molecule has 2 aromatic carbocycles. The first-order chi connectivity index (χ1) is 9.83. The molecule has 0 heterocycles. The monoisotopic (exact) mass is 263 g/mol. The van der Waals surface area contributed by atoms with Crippen LogP contribution in [-0.2, 0) is 0 Å². The number of benzene rings is 2. The Labute approximate surface area is 121 Å². The molecule has 1 N–H and O–H groups in total. The second-order valence-electron chi connectivity index (χ2n) is 5.52. The first-order valence-electron chi connectivity index (χ1n) is 7.39. The van der Waals surface area contributed by atoms with Crippen molar-refractivity contribution in [1.29, 1.82) is 0 Å². The van der Waals surface area contributed by atoms with E-state index in [1.807, 2.05) is 0 Å². The second-order valence-corrected chi connectivity index (χ2v) is 5.52. The van der Waals surface area contributed by atoms with Crippen molar-refractivity contribution in [3.05, 3.63) is 72.3 Å². The van der Waals surface area contributed by atoms with Crippen LogP contribution in [0.4, 0.5) is 0 Å². The molecule has 2 aromatic rings. The molecule has 0 amide bonds. The molecule has 102 valence electrons. The maximum atomic E-state index is 3.69. The number of hydrogen-bond donors (Lipinski definition) is 1. The molecule has 0 radical (unpaired) electrons. The highest BCUT2D eigenvalue weighted by atomic mass is 14.9. The van der Waals surface area contributed by atoms with Gasteiger partial charge in [-0.15, -0.1) is 0 Å². The predicted molar refractivity (Wildman–Crippen MR) is 85.6 cm³/mol. The van der Waals surface area contributed by atoms with Gasteiger partial charge in [0.2, 0.25) is 0 Å². The van der Waals surface area contributed by atoms with Crippen LogP contribution in [0.1, 0.15) is 31.4 Å². The van der Waals surface area contributed by atoms with E-state index in [1.54, 1.807) is 0 Å². The highest BCUT2D eigenvalue weighted by molar-refractivity contribution is 5.63. The Bertz CT molecular complexity index is 560. The van der Waals surface area contributed by atoms with E-state index in [1.165, 1.54) is 16.7 Å². The minimum Gasteiger partial charge on any atom is -0.307 e. The van der Waals surface area contributed by atoms with Crippen LogP contribution in [0.15, 0.2) is 66.7 Å². The van der Waals surface area contributed by atoms with Crippen molar-refractivity contribution >= 4 is 0 Å². The molecule has 3 rings (SSSR count). The SMILES string of the molecule is CC(NC1CC=CC1)c1ccc(-c2ccccc2)cc1. The summed E-state index contributed by atoms with van der Waals surface area (Å²) in [6.45, 7) is 2.25. The third-order valence-corrected chi connectivity index (χ3v) is 4.01. The third-order valence-electron chi connectivity index (χ3n) is 4.01. The second kappa shape index (κ2) is 6.06. The van der Waals surface area contributed by atoms with Gasteiger partial charge in [0.1, 0.15) is 0 Å². The largest absolute Gasteiger partial charge is 0.307 e. The van der Waals surface area contributed by atoms with E-state index in [4.69, 9.17) is 0 Å². The van der Waals surface area contributed by atoms with Crippen molar-refractivity contribution in [2.24, 2.45) is 0 Å². The van der Waals surface area contributed by atoms with Crippen LogP contribution >= 0.6 is 0 Å². The number of rotatable bonds is 4. The van der Waals surface area contributed by atoms with E-state index in [0.717, 1.165) is 12.8 Å². The summed E-state index contributed by atoms with van der Waals surface area (Å²) >= 11 is 0. The first kappa shape index (κ1) is 13.1. The lowest BCUT2D eigenvalue weighted by atomic mass is 10.0. The van der Waals surface area contributed by atoms with Gasteiger partial charge < -0.3 is 5.32 Å². The summed E-state index contributed by atoms with van der Waals surface area (Å²) in [6, 6.07) is 20.5. The molecule has 20 heavy (non-hydrogen) atoms. The predicted octanol–water partition coefficient (Wildman–Crippen LogP) is 4.72. The lowest BCUT2D eigenvalue weighted by Gasteiger charge is -2.20. The quantitative estimate of drug-likeness (QED) is 0.787. The summed E-state index contributed by atoms with van der Waals surface area (Å²) in [5.41, 5.74) is 3.92. The first-order valence-corrected chi connectivity index (χ1v) is 7.39. The van der Waals surface area contributed by atoms with Crippen molar-refractivity contribution in [1.82, 2.24) is 5.32 Å². The zero-order valence-corrected chi connectivity index (χ0v) is 11.9. The van der Waals surface area contributed by atoms with Crippen molar-refractivity contribution in [3.63, 3.8) is 0 Å². The standard InChI is InChI=1S/C19H21N/c1-15(20-19-9-5-6-10-19)16-11-13-18(14-12-16)17-7-3-2-4-8-17/h2-8,11-15,19-20H,9-10H2,1H3. The molecule has 0 aliphatic heterocycles. The molecule has 1 nitrogen and oxygen atoms in total. The summed E-state index contributed by atoms with van der Waals surface area (Å²) in [4.78, 5) is 0. The minimum atomic E-state index is 0.407. The molecule has 0 saturated carbocycles. The van der Waals surface area contributed by atoms with E-state index < -0.39 is 0 Å². The zero-order chi connectivity index (χ0) is 13.8. The molecule has 1 atom stereocenters. The molecule has 1 unspecified atom stereocenters. The lowest BCUT2D eigenvalue weighted by Crippen LogP contribution is -2.29. The Morgan fingerprint density at radius 3 is 2.10 bits per heavy atom. The Morgan fingerprint density at radius 2 is 1.45 bits per heavy atom. The molecule has 0 bridgehead atoms. The van der Waals surface area contributed by atoms with Crippen LogP contribution in [0.25, 0.3) is 11.1 Å². The Balaban J connectivity index is 1.69. The maximum absolute atomic E-state index is 3.69. The molecule has 1 aliphatic rings. The highest BCUT2D eigenvalue weighted by Gasteiger charge is 2.14. The Morgan fingerprint density at radius 1 is 0.850 bits per heavy atom. The van der Waals surface area contributed by atoms with Crippen molar-refractivity contribution in [2.45, 2.75) is 31.8 Å². The molecule has 0 spiro atoms. The molecular formula is C19H21N. The molecule has 0 aromatic heterocycles. The van der Waals surface area contributed by atoms with Gasteiger partial charge in [0.25, 0.3) is 0 Å². The van der Waals surface area contributed by atoms with Crippen molar-refractivity contribution in [3.8, 4) is 11.1 Å². The van der Waals surface area contributed by atoms with Crippen LogP contribution in [0.2, 0.25) is 0 Å². The molecule has 0 fully saturated rings. The van der Waals surface area contributed by atoms with E-state index in [-0.39, 0.29) is 0 Å². The average Bonchev–Trinajstić information content (AvgIpc) is 3.01. The van der Waals surface area contributed by atoms with Crippen LogP contribution in [-0.4, -0.2) is 6.04 Å². The smallest absolute Gasteiger partial charge is 0.0294 e. The van der Waals surface area contributed by atoms with Crippen LogP contribution in [0.3, 0.4) is 0 Å². The fourth-order valence-corrected chi connectivity index (χ4v) is 2.80. The van der Waals surface area contributed by atoms with Crippen LogP contribution in [0, 0.1) is 0 Å². The van der Waals surface area contributed by atoms with Gasteiger partial charge in [-0.05, 0) is 36.5 Å². The minimum absolute atomic E-state index is 0.407. The van der Waals surface area contributed by atoms with E-state index in [2.05, 4.69) is 79.0 Å². The van der Waals surface area contributed by atoms with Gasteiger partial charge in [-0.2, -0.15) is 0 Å². The normalized spacial score (nSPS) is 16.4. The van der Waals surface area contributed by atoms with Crippen molar-refractivity contribution in [2.75, 3.05) is 0 Å². The summed E-state index contributed by atoms with van der Waals surface area (Å²) < 4.78 is 0. The van der Waals surface area contributed by atoms with Gasteiger partial charge in [-0.3, -0.25) is 0 Å². The summed E-state index contributed by atoms with van der Waals surface area (Å²) in [6.07, 6.45) is 6.85. The number of nitrogens with one attached hydrogen (secondary N) is 1. The molecule has 1 heteroatoms. The summed E-state index contributed by atoms with van der Waals surface area (Å²) in [7, 11) is 0. The fourth-order valence-electron chi connectivity index (χ4n) is 2.80. The van der Waals surface area contributed by atoms with Crippen LogP contribution < -0.4 is 5.32 Å². The summed E-state index contributed by atoms with van der Waals surface area (Å²) in [5.74, 6) is 0. The topological polar surface area (TPSA) is 12.0 Å². The Kier molecular flexibility index (Phi) is 3.98. The Hall–Kier alpha value is -1.86. The van der Waals surface area contributed by atoms with E-state index in [9.17, 15) is 0 Å². The maximum Gasteiger partial charge on any atom is 0.0294 e. The van der Waals surface area contributed by atoms with Crippen molar-refractivity contribution < 1.29 is 0 Å². The van der Waals surface area contributed by atoms with Crippen LogP contribution in [0.5, 0.6) is 0 Å². The van der Waals surface area contributed by atoms with Gasteiger partial charge in [0, 0.05) is 12.1 Å². The fraction of sp³-hybridized carbons (Fsp3) is 0.263. The average molecular weight is 263 g/mol. The third kappa shape index (κ3) is 3.00. The van der Waals surface area contributed by atoms with Gasteiger partial charge >= 0.3 is 0 Å². The van der Waals surface area contributed by atoms with E-state index >= 15 is 0 Å². The van der Waals surface area contributed by atoms with Gasteiger partial charge in [-0.25, -0.2) is 0 Å². The van der Waals surface area contributed by atoms with E-state index in [0.29, 0.717) is 12.1 Å². The lowest BCUT2D eigenvalue weighted by molar-refractivity contribution is 0.471. The summed E-state index contributed by atoms with van der Waals surface area (Å²) in [5, 5.41) is 3.69. The molecule has 0 saturated heterocycles.